The van der Waals surface area contributed by atoms with Crippen LogP contribution in [0.3, 0.4) is 0 Å². The van der Waals surface area contributed by atoms with E-state index in [9.17, 15) is 14.2 Å². The summed E-state index contributed by atoms with van der Waals surface area (Å²) in [6, 6.07) is 2.65. The molecule has 0 saturated carbocycles. The second-order valence-electron chi connectivity index (χ2n) is 7.63. The number of hydrogen-bond donors (Lipinski definition) is 2. The molecule has 0 unspecified atom stereocenters. The van der Waals surface area contributed by atoms with E-state index in [2.05, 4.69) is 4.98 Å². The van der Waals surface area contributed by atoms with E-state index in [1.807, 2.05) is 0 Å². The molecule has 0 aliphatic heterocycles. The summed E-state index contributed by atoms with van der Waals surface area (Å²) in [5.41, 5.74) is -1.51. The number of anilines is 1. The quantitative estimate of drug-likeness (QED) is 0.754. The van der Waals surface area contributed by atoms with E-state index in [1.165, 1.54) is 12.1 Å². The van der Waals surface area contributed by atoms with Crippen LogP contribution in [0.2, 0.25) is 0 Å². The third-order valence-electron chi connectivity index (χ3n) is 2.59. The highest BCUT2D eigenvalue weighted by molar-refractivity contribution is 7.50. The lowest BCUT2D eigenvalue weighted by Crippen LogP contribution is -2.43. The number of ether oxygens (including phenoxy) is 2. The topological polar surface area (TPSA) is 126 Å². The standard InChI is InChI=1S/C16H25N2O7P/c1-15(2,3)24-13(19)18(14(20)25-16(4,5)6)12-8-7-11(17-9-12)10-26(21,22)23/h7-9H,10H2,1-6H3,(H2,21,22,23). The Balaban J connectivity index is 3.17. The Kier molecular flexibility index (Phi) is 6.57. The van der Waals surface area contributed by atoms with Crippen molar-refractivity contribution >= 4 is 25.5 Å². The van der Waals surface area contributed by atoms with Crippen molar-refractivity contribution < 1.29 is 33.4 Å². The Labute approximate surface area is 152 Å². The molecule has 1 rings (SSSR count). The zero-order valence-corrected chi connectivity index (χ0v) is 16.6. The van der Waals surface area contributed by atoms with Gasteiger partial charge in [0.2, 0.25) is 0 Å². The van der Waals surface area contributed by atoms with Gasteiger partial charge in [-0.2, -0.15) is 4.90 Å². The highest BCUT2D eigenvalue weighted by Crippen LogP contribution is 2.38. The second kappa shape index (κ2) is 7.73. The van der Waals surface area contributed by atoms with Gasteiger partial charge in [0.1, 0.15) is 11.2 Å². The maximum atomic E-state index is 12.5. The van der Waals surface area contributed by atoms with Gasteiger partial charge >= 0.3 is 19.8 Å². The molecular formula is C16H25N2O7P. The second-order valence-corrected chi connectivity index (χ2v) is 9.27. The van der Waals surface area contributed by atoms with Crippen molar-refractivity contribution in [3.8, 4) is 0 Å². The molecule has 2 amide bonds. The van der Waals surface area contributed by atoms with Gasteiger partial charge in [-0.3, -0.25) is 9.55 Å². The first-order chi connectivity index (χ1) is 11.6. The van der Waals surface area contributed by atoms with Gasteiger partial charge in [-0.15, -0.1) is 0 Å². The van der Waals surface area contributed by atoms with Gasteiger partial charge in [0, 0.05) is 0 Å². The van der Waals surface area contributed by atoms with E-state index >= 15 is 0 Å². The molecule has 0 aromatic carbocycles. The molecule has 0 spiro atoms. The fourth-order valence-electron chi connectivity index (χ4n) is 1.75. The van der Waals surface area contributed by atoms with Crippen molar-refractivity contribution in [1.29, 1.82) is 0 Å². The van der Waals surface area contributed by atoms with Gasteiger partial charge in [0.05, 0.1) is 23.7 Å². The molecule has 0 aliphatic carbocycles. The van der Waals surface area contributed by atoms with Crippen LogP contribution >= 0.6 is 7.60 Å². The summed E-state index contributed by atoms with van der Waals surface area (Å²) < 4.78 is 21.5. The molecule has 146 valence electrons. The number of nitrogens with zero attached hydrogens (tertiary/aromatic N) is 2. The van der Waals surface area contributed by atoms with Gasteiger partial charge in [-0.1, -0.05) is 0 Å². The summed E-state index contributed by atoms with van der Waals surface area (Å²) in [5, 5.41) is 0. The smallest absolute Gasteiger partial charge is 0.424 e. The van der Waals surface area contributed by atoms with Crippen molar-refractivity contribution in [2.24, 2.45) is 0 Å². The lowest BCUT2D eigenvalue weighted by Gasteiger charge is -2.28. The van der Waals surface area contributed by atoms with Gasteiger partial charge in [0.25, 0.3) is 0 Å². The Bertz CT molecular complexity index is 671. The molecule has 10 heteroatoms. The number of aromatic nitrogens is 1. The zero-order chi connectivity index (χ0) is 20.3. The van der Waals surface area contributed by atoms with Crippen LogP contribution in [0.1, 0.15) is 47.2 Å². The summed E-state index contributed by atoms with van der Waals surface area (Å²) in [7, 11) is -4.28. The van der Waals surface area contributed by atoms with Crippen LogP contribution in [0.4, 0.5) is 15.3 Å². The van der Waals surface area contributed by atoms with Crippen molar-refractivity contribution in [1.82, 2.24) is 4.98 Å². The summed E-state index contributed by atoms with van der Waals surface area (Å²) in [5.74, 6) is 0. The fourth-order valence-corrected chi connectivity index (χ4v) is 2.36. The van der Waals surface area contributed by atoms with Crippen molar-refractivity contribution in [2.75, 3.05) is 4.90 Å². The van der Waals surface area contributed by atoms with Crippen LogP contribution in [0.25, 0.3) is 0 Å². The third kappa shape index (κ3) is 7.95. The minimum atomic E-state index is -4.28. The van der Waals surface area contributed by atoms with Crippen LogP contribution in [0, 0.1) is 0 Å². The number of carbonyl (C=O) groups is 2. The van der Waals surface area contributed by atoms with E-state index in [1.54, 1.807) is 41.5 Å². The Morgan fingerprint density at radius 3 is 1.81 bits per heavy atom. The summed E-state index contributed by atoms with van der Waals surface area (Å²) >= 11 is 0. The van der Waals surface area contributed by atoms with Crippen LogP contribution in [-0.4, -0.2) is 38.2 Å². The zero-order valence-electron chi connectivity index (χ0n) is 15.7. The first-order valence-corrected chi connectivity index (χ1v) is 9.63. The molecule has 0 atom stereocenters. The Hall–Kier alpha value is -1.96. The van der Waals surface area contributed by atoms with Crippen molar-refractivity contribution in [3.05, 3.63) is 24.0 Å². The predicted octanol–water partition coefficient (Wildman–Crippen LogP) is 3.44. The third-order valence-corrected chi connectivity index (χ3v) is 3.32. The SMILES string of the molecule is CC(C)(C)OC(=O)N(C(=O)OC(C)(C)C)c1ccc(CP(=O)(O)O)nc1. The molecule has 26 heavy (non-hydrogen) atoms. The summed E-state index contributed by atoms with van der Waals surface area (Å²) in [4.78, 5) is 47.5. The van der Waals surface area contributed by atoms with E-state index in [4.69, 9.17) is 19.3 Å². The molecule has 0 aliphatic rings. The fraction of sp³-hybridized carbons (Fsp3) is 0.562. The lowest BCUT2D eigenvalue weighted by atomic mass is 10.2. The van der Waals surface area contributed by atoms with E-state index in [-0.39, 0.29) is 11.4 Å². The molecule has 0 bridgehead atoms. The molecule has 0 fully saturated rings. The lowest BCUT2D eigenvalue weighted by molar-refractivity contribution is 0.0430. The van der Waals surface area contributed by atoms with Crippen LogP contribution < -0.4 is 4.90 Å². The number of amides is 2. The number of hydrogen-bond acceptors (Lipinski definition) is 6. The summed E-state index contributed by atoms with van der Waals surface area (Å²) in [6.07, 6.45) is -1.29. The van der Waals surface area contributed by atoms with Crippen LogP contribution in [0.15, 0.2) is 18.3 Å². The first kappa shape index (κ1) is 22.1. The minimum absolute atomic E-state index is 0.0583. The monoisotopic (exact) mass is 388 g/mol. The molecular weight excluding hydrogens is 363 g/mol. The molecule has 1 heterocycles. The number of imide groups is 1. The van der Waals surface area contributed by atoms with Crippen molar-refractivity contribution in [3.63, 3.8) is 0 Å². The molecule has 0 saturated heterocycles. The minimum Gasteiger partial charge on any atom is -0.443 e. The van der Waals surface area contributed by atoms with Crippen molar-refractivity contribution in [2.45, 2.75) is 58.9 Å². The predicted molar refractivity (Wildman–Crippen MR) is 94.9 cm³/mol. The average Bonchev–Trinajstić information content (AvgIpc) is 2.34. The summed E-state index contributed by atoms with van der Waals surface area (Å²) in [6.45, 7) is 9.91. The van der Waals surface area contributed by atoms with Gasteiger partial charge < -0.3 is 19.3 Å². The van der Waals surface area contributed by atoms with Gasteiger partial charge in [-0.05, 0) is 53.7 Å². The highest BCUT2D eigenvalue weighted by Gasteiger charge is 2.33. The van der Waals surface area contributed by atoms with Gasteiger partial charge in [0.15, 0.2) is 0 Å². The number of rotatable bonds is 3. The van der Waals surface area contributed by atoms with Gasteiger partial charge in [-0.25, -0.2) is 9.59 Å². The Morgan fingerprint density at radius 2 is 1.50 bits per heavy atom. The number of carbonyl (C=O) groups excluding carboxylic acids is 2. The average molecular weight is 388 g/mol. The van der Waals surface area contributed by atoms with E-state index in [0.29, 0.717) is 4.90 Å². The molecule has 9 nitrogen and oxygen atoms in total. The molecule has 0 radical (unpaired) electrons. The highest BCUT2D eigenvalue weighted by atomic mass is 31.2. The number of pyridine rings is 1. The molecule has 1 aromatic rings. The van der Waals surface area contributed by atoms with Crippen LogP contribution in [0.5, 0.6) is 0 Å². The largest absolute Gasteiger partial charge is 0.443 e. The maximum Gasteiger partial charge on any atom is 0.424 e. The Morgan fingerprint density at radius 1 is 1.04 bits per heavy atom. The maximum absolute atomic E-state index is 12.5. The van der Waals surface area contributed by atoms with E-state index < -0.39 is 37.1 Å². The first-order valence-electron chi connectivity index (χ1n) is 7.83. The molecule has 2 N–H and O–H groups in total. The molecule has 1 aromatic heterocycles. The normalized spacial score (nSPS) is 12.5. The van der Waals surface area contributed by atoms with Crippen LogP contribution in [-0.2, 0) is 20.2 Å². The van der Waals surface area contributed by atoms with E-state index in [0.717, 1.165) is 6.20 Å².